The first kappa shape index (κ1) is 24.9. The number of nitrogens with zero attached hydrogens (tertiary/aromatic N) is 2. The van der Waals surface area contributed by atoms with Crippen molar-refractivity contribution in [3.8, 4) is 0 Å². The molecule has 0 spiro atoms. The molecular formula is C23H38IN5O. The fraction of sp³-hybridized carbons (Fsp3) is 0.652. The number of carbonyl (C=O) groups excluding carboxylic acids is 1. The zero-order valence-corrected chi connectivity index (χ0v) is 20.9. The van der Waals surface area contributed by atoms with Crippen LogP contribution in [0.4, 0.5) is 5.69 Å². The van der Waals surface area contributed by atoms with E-state index in [9.17, 15) is 4.79 Å². The number of hydrogen-bond acceptors (Lipinski definition) is 3. The van der Waals surface area contributed by atoms with Gasteiger partial charge in [-0.05, 0) is 56.8 Å². The lowest BCUT2D eigenvalue weighted by atomic mass is 9.90. The minimum Gasteiger partial charge on any atom is -0.357 e. The van der Waals surface area contributed by atoms with Crippen LogP contribution in [0.5, 0.6) is 0 Å². The predicted octanol–water partition coefficient (Wildman–Crippen LogP) is 3.80. The predicted molar refractivity (Wildman–Crippen MR) is 136 cm³/mol. The Morgan fingerprint density at radius 1 is 1.23 bits per heavy atom. The van der Waals surface area contributed by atoms with Gasteiger partial charge in [0.05, 0.1) is 6.54 Å². The van der Waals surface area contributed by atoms with Crippen molar-refractivity contribution in [2.24, 2.45) is 10.9 Å². The van der Waals surface area contributed by atoms with E-state index in [-0.39, 0.29) is 35.8 Å². The summed E-state index contributed by atoms with van der Waals surface area (Å²) in [5, 5.41) is 9.84. The molecule has 0 aliphatic carbocycles. The number of aliphatic imine (C=N–C) groups is 1. The number of likely N-dealkylation sites (tertiary alicyclic amines) is 1. The SMILES string of the molecule is CCNC(=NCC(CC(C)C)N1CCCC1)NCC1CC(=O)Nc2ccccc21.I. The summed E-state index contributed by atoms with van der Waals surface area (Å²) < 4.78 is 0. The van der Waals surface area contributed by atoms with E-state index in [1.807, 2.05) is 18.2 Å². The molecule has 0 bridgehead atoms. The highest BCUT2D eigenvalue weighted by Crippen LogP contribution is 2.31. The van der Waals surface area contributed by atoms with E-state index in [4.69, 9.17) is 4.99 Å². The molecule has 2 aliphatic heterocycles. The number of carbonyl (C=O) groups is 1. The van der Waals surface area contributed by atoms with Gasteiger partial charge in [0.25, 0.3) is 0 Å². The molecule has 1 aromatic carbocycles. The average molecular weight is 527 g/mol. The lowest BCUT2D eigenvalue weighted by Crippen LogP contribution is -2.42. The molecule has 2 heterocycles. The van der Waals surface area contributed by atoms with Gasteiger partial charge < -0.3 is 16.0 Å². The van der Waals surface area contributed by atoms with Crippen LogP contribution in [0.2, 0.25) is 0 Å². The molecule has 2 atom stereocenters. The van der Waals surface area contributed by atoms with Crippen molar-refractivity contribution < 1.29 is 4.79 Å². The molecule has 2 unspecified atom stereocenters. The molecule has 1 aromatic rings. The van der Waals surface area contributed by atoms with E-state index in [1.54, 1.807) is 0 Å². The summed E-state index contributed by atoms with van der Waals surface area (Å²) in [6.07, 6.45) is 4.30. The molecule has 1 saturated heterocycles. The van der Waals surface area contributed by atoms with E-state index in [0.717, 1.165) is 24.7 Å². The van der Waals surface area contributed by atoms with Crippen molar-refractivity contribution in [1.82, 2.24) is 15.5 Å². The van der Waals surface area contributed by atoms with Gasteiger partial charge >= 0.3 is 0 Å². The largest absolute Gasteiger partial charge is 0.357 e. The summed E-state index contributed by atoms with van der Waals surface area (Å²) in [6, 6.07) is 8.60. The second-order valence-electron chi connectivity index (χ2n) is 8.66. The molecule has 6 nitrogen and oxygen atoms in total. The van der Waals surface area contributed by atoms with Crippen molar-refractivity contribution in [2.75, 3.05) is 38.0 Å². The lowest BCUT2D eigenvalue weighted by molar-refractivity contribution is -0.116. The van der Waals surface area contributed by atoms with Crippen LogP contribution >= 0.6 is 24.0 Å². The van der Waals surface area contributed by atoms with Gasteiger partial charge in [-0.2, -0.15) is 0 Å². The molecule has 0 radical (unpaired) electrons. The van der Waals surface area contributed by atoms with Crippen LogP contribution in [0.3, 0.4) is 0 Å². The van der Waals surface area contributed by atoms with Gasteiger partial charge in [0.2, 0.25) is 5.91 Å². The van der Waals surface area contributed by atoms with E-state index in [2.05, 4.69) is 47.7 Å². The summed E-state index contributed by atoms with van der Waals surface area (Å²) in [6.45, 7) is 11.4. The van der Waals surface area contributed by atoms with Gasteiger partial charge in [-0.15, -0.1) is 24.0 Å². The highest BCUT2D eigenvalue weighted by Gasteiger charge is 2.25. The monoisotopic (exact) mass is 527 g/mol. The maximum atomic E-state index is 12.1. The summed E-state index contributed by atoms with van der Waals surface area (Å²) in [4.78, 5) is 19.6. The molecule has 1 fully saturated rings. The lowest BCUT2D eigenvalue weighted by Gasteiger charge is -2.28. The Morgan fingerprint density at radius 2 is 1.97 bits per heavy atom. The number of guanidine groups is 1. The molecular weight excluding hydrogens is 489 g/mol. The van der Waals surface area contributed by atoms with Crippen LogP contribution in [0.15, 0.2) is 29.3 Å². The average Bonchev–Trinajstić information content (AvgIpc) is 3.23. The van der Waals surface area contributed by atoms with Crippen molar-refractivity contribution in [2.45, 2.75) is 58.4 Å². The van der Waals surface area contributed by atoms with Crippen LogP contribution in [-0.2, 0) is 4.79 Å². The normalized spacial score (nSPS) is 20.3. The molecule has 7 heteroatoms. The van der Waals surface area contributed by atoms with Gasteiger partial charge in [-0.25, -0.2) is 0 Å². The number of halogens is 1. The minimum absolute atomic E-state index is 0. The van der Waals surface area contributed by atoms with Crippen LogP contribution in [-0.4, -0.2) is 55.5 Å². The van der Waals surface area contributed by atoms with Gasteiger partial charge in [0.1, 0.15) is 0 Å². The third-order valence-electron chi connectivity index (χ3n) is 5.83. The molecule has 168 valence electrons. The Kier molecular flexibility index (Phi) is 10.4. The number of anilines is 1. The molecule has 0 aromatic heterocycles. The van der Waals surface area contributed by atoms with Crippen LogP contribution in [0.1, 0.15) is 57.9 Å². The Labute approximate surface area is 198 Å². The van der Waals surface area contributed by atoms with Crippen LogP contribution < -0.4 is 16.0 Å². The Balaban J connectivity index is 0.00000320. The second kappa shape index (κ2) is 12.5. The van der Waals surface area contributed by atoms with Gasteiger partial charge in [-0.1, -0.05) is 32.0 Å². The highest BCUT2D eigenvalue weighted by molar-refractivity contribution is 14.0. The van der Waals surface area contributed by atoms with E-state index < -0.39 is 0 Å². The van der Waals surface area contributed by atoms with E-state index in [1.165, 1.54) is 37.9 Å². The van der Waals surface area contributed by atoms with Gasteiger partial charge in [0, 0.05) is 37.2 Å². The molecule has 1 amide bonds. The minimum atomic E-state index is 0. The van der Waals surface area contributed by atoms with E-state index >= 15 is 0 Å². The quantitative estimate of drug-likeness (QED) is 0.274. The Bertz CT molecular complexity index is 703. The van der Waals surface area contributed by atoms with E-state index in [0.29, 0.717) is 24.9 Å². The topological polar surface area (TPSA) is 68.8 Å². The first-order chi connectivity index (χ1) is 14.1. The van der Waals surface area contributed by atoms with Crippen molar-refractivity contribution in [3.05, 3.63) is 29.8 Å². The summed E-state index contributed by atoms with van der Waals surface area (Å²) >= 11 is 0. The molecule has 3 rings (SSSR count). The number of fused-ring (bicyclic) bond motifs is 1. The van der Waals surface area contributed by atoms with Crippen LogP contribution in [0, 0.1) is 5.92 Å². The highest BCUT2D eigenvalue weighted by atomic mass is 127. The number of rotatable bonds is 8. The third kappa shape index (κ3) is 7.11. The third-order valence-corrected chi connectivity index (χ3v) is 5.83. The number of hydrogen-bond donors (Lipinski definition) is 3. The summed E-state index contributed by atoms with van der Waals surface area (Å²) in [7, 11) is 0. The first-order valence-corrected chi connectivity index (χ1v) is 11.2. The maximum absolute atomic E-state index is 12.1. The summed E-state index contributed by atoms with van der Waals surface area (Å²) in [5.41, 5.74) is 2.13. The smallest absolute Gasteiger partial charge is 0.225 e. The summed E-state index contributed by atoms with van der Waals surface area (Å²) in [5.74, 6) is 1.77. The molecule has 30 heavy (non-hydrogen) atoms. The zero-order chi connectivity index (χ0) is 20.6. The van der Waals surface area contributed by atoms with Crippen molar-refractivity contribution in [3.63, 3.8) is 0 Å². The Morgan fingerprint density at radius 3 is 2.67 bits per heavy atom. The zero-order valence-electron chi connectivity index (χ0n) is 18.6. The van der Waals surface area contributed by atoms with Crippen molar-refractivity contribution >= 4 is 41.5 Å². The number of nitrogens with one attached hydrogen (secondary N) is 3. The molecule has 2 aliphatic rings. The van der Waals surface area contributed by atoms with Crippen molar-refractivity contribution in [1.29, 1.82) is 0 Å². The Hall–Kier alpha value is -1.35. The second-order valence-corrected chi connectivity index (χ2v) is 8.66. The van der Waals surface area contributed by atoms with Gasteiger partial charge in [-0.3, -0.25) is 14.7 Å². The number of amides is 1. The van der Waals surface area contributed by atoms with Crippen LogP contribution in [0.25, 0.3) is 0 Å². The van der Waals surface area contributed by atoms with Gasteiger partial charge in [0.15, 0.2) is 5.96 Å². The first-order valence-electron chi connectivity index (χ1n) is 11.2. The number of benzene rings is 1. The fourth-order valence-electron chi connectivity index (χ4n) is 4.43. The molecule has 0 saturated carbocycles. The number of para-hydroxylation sites is 1. The fourth-order valence-corrected chi connectivity index (χ4v) is 4.43. The standard InChI is InChI=1S/C23H37N5O.HI/c1-4-24-23(26-16-19(13-17(2)3)28-11-7-8-12-28)25-15-18-14-22(29)27-21-10-6-5-9-20(18)21;/h5-6,9-10,17-19H,4,7-8,11-16H2,1-3H3,(H,27,29)(H2,24,25,26);1H. The molecule has 3 N–H and O–H groups in total. The maximum Gasteiger partial charge on any atom is 0.225 e.